The number of hydrogen-bond acceptors (Lipinski definition) is 4. The topological polar surface area (TPSA) is 58.1 Å². The number of aromatic nitrogens is 2. The first-order chi connectivity index (χ1) is 11.5. The molecule has 1 fully saturated rings. The number of piperidine rings is 1. The van der Waals surface area contributed by atoms with Crippen molar-refractivity contribution in [3.05, 3.63) is 45.7 Å². The normalized spacial score (nSPS) is 14.5. The molecule has 0 radical (unpaired) electrons. The van der Waals surface area contributed by atoms with Gasteiger partial charge in [0.15, 0.2) is 0 Å². The number of amides is 1. The summed E-state index contributed by atoms with van der Waals surface area (Å²) in [7, 11) is 0. The van der Waals surface area contributed by atoms with E-state index in [-0.39, 0.29) is 5.91 Å². The highest BCUT2D eigenvalue weighted by Crippen LogP contribution is 2.27. The summed E-state index contributed by atoms with van der Waals surface area (Å²) in [5, 5.41) is 4.11. The minimum Gasteiger partial charge on any atom is -0.337 e. The van der Waals surface area contributed by atoms with Gasteiger partial charge in [0.25, 0.3) is 5.91 Å². The number of halogens is 2. The summed E-state index contributed by atoms with van der Waals surface area (Å²) in [6.45, 7) is 3.40. The Hall–Kier alpha value is -1.85. The van der Waals surface area contributed by atoms with Gasteiger partial charge in [-0.1, -0.05) is 23.2 Å². The number of benzene rings is 1. The monoisotopic (exact) mass is 364 g/mol. The Kier molecular flexibility index (Phi) is 5.21. The van der Waals surface area contributed by atoms with E-state index < -0.39 is 0 Å². The number of hydrogen-bond donors (Lipinski definition) is 1. The van der Waals surface area contributed by atoms with Crippen molar-refractivity contribution in [3.63, 3.8) is 0 Å². The predicted molar refractivity (Wildman–Crippen MR) is 96.3 cm³/mol. The molecule has 1 saturated heterocycles. The Balaban J connectivity index is 1.85. The molecule has 126 valence electrons. The van der Waals surface area contributed by atoms with Crippen LogP contribution in [0, 0.1) is 6.92 Å². The zero-order valence-electron chi connectivity index (χ0n) is 13.4. The summed E-state index contributed by atoms with van der Waals surface area (Å²) < 4.78 is 0. The molecule has 0 atom stereocenters. The van der Waals surface area contributed by atoms with Crippen molar-refractivity contribution >= 4 is 40.7 Å². The third-order valence-electron chi connectivity index (χ3n) is 3.89. The van der Waals surface area contributed by atoms with Crippen LogP contribution in [0.4, 0.5) is 11.6 Å². The summed E-state index contributed by atoms with van der Waals surface area (Å²) in [6.07, 6.45) is 3.25. The molecule has 3 rings (SSSR count). The van der Waals surface area contributed by atoms with Crippen LogP contribution in [0.1, 0.15) is 35.4 Å². The van der Waals surface area contributed by atoms with Gasteiger partial charge in [0.05, 0.1) is 10.7 Å². The molecule has 1 N–H and O–H groups in total. The third kappa shape index (κ3) is 3.97. The highest BCUT2D eigenvalue weighted by atomic mass is 35.5. The molecule has 0 saturated carbocycles. The van der Waals surface area contributed by atoms with Crippen molar-refractivity contribution in [2.45, 2.75) is 26.2 Å². The lowest BCUT2D eigenvalue weighted by Crippen LogP contribution is -2.36. The molecule has 0 aliphatic carbocycles. The van der Waals surface area contributed by atoms with Crippen LogP contribution < -0.4 is 5.32 Å². The van der Waals surface area contributed by atoms with Crippen LogP contribution >= 0.6 is 23.2 Å². The molecular formula is C17H18Cl2N4O. The maximum absolute atomic E-state index is 12.6. The van der Waals surface area contributed by atoms with Crippen molar-refractivity contribution in [1.82, 2.24) is 14.9 Å². The molecule has 2 aromatic rings. The second-order valence-corrected chi connectivity index (χ2v) is 6.66. The van der Waals surface area contributed by atoms with E-state index >= 15 is 0 Å². The van der Waals surface area contributed by atoms with Crippen LogP contribution in [0.2, 0.25) is 10.0 Å². The second kappa shape index (κ2) is 7.36. The highest BCUT2D eigenvalue weighted by Gasteiger charge is 2.20. The number of aryl methyl sites for hydroxylation is 1. The average Bonchev–Trinajstić information content (AvgIpc) is 2.58. The average molecular weight is 365 g/mol. The summed E-state index contributed by atoms with van der Waals surface area (Å²) in [5.41, 5.74) is 1.71. The van der Waals surface area contributed by atoms with Gasteiger partial charge >= 0.3 is 0 Å². The molecule has 2 heterocycles. The zero-order valence-corrected chi connectivity index (χ0v) is 14.9. The van der Waals surface area contributed by atoms with Gasteiger partial charge in [0.2, 0.25) is 5.95 Å². The Morgan fingerprint density at radius 2 is 1.88 bits per heavy atom. The predicted octanol–water partition coefficient (Wildman–Crippen LogP) is 4.46. The standard InChI is InChI=1S/C17H18Cl2N4O/c1-11-9-15(16(24)23-7-3-2-4-8-23)22-17(20-11)21-14-10-12(18)5-6-13(14)19/h5-6,9-10H,2-4,7-8H2,1H3,(H,20,21,22). The van der Waals surface area contributed by atoms with E-state index in [4.69, 9.17) is 23.2 Å². The van der Waals surface area contributed by atoms with E-state index in [9.17, 15) is 4.79 Å². The van der Waals surface area contributed by atoms with Crippen molar-refractivity contribution in [2.24, 2.45) is 0 Å². The van der Waals surface area contributed by atoms with Crippen LogP contribution in [0.25, 0.3) is 0 Å². The zero-order chi connectivity index (χ0) is 17.1. The molecule has 1 aromatic heterocycles. The van der Waals surface area contributed by atoms with Crippen LogP contribution in [0.15, 0.2) is 24.3 Å². The highest BCUT2D eigenvalue weighted by molar-refractivity contribution is 6.35. The summed E-state index contributed by atoms with van der Waals surface area (Å²) in [6, 6.07) is 6.81. The number of nitrogens with zero attached hydrogens (tertiary/aromatic N) is 3. The molecule has 7 heteroatoms. The van der Waals surface area contributed by atoms with Gasteiger partial charge in [-0.25, -0.2) is 9.97 Å². The number of anilines is 2. The quantitative estimate of drug-likeness (QED) is 0.873. The van der Waals surface area contributed by atoms with Crippen LogP contribution in [0.5, 0.6) is 0 Å². The van der Waals surface area contributed by atoms with Gasteiger partial charge in [-0.3, -0.25) is 4.79 Å². The van der Waals surface area contributed by atoms with Crippen LogP contribution in [-0.2, 0) is 0 Å². The molecule has 1 aliphatic rings. The number of nitrogens with one attached hydrogen (secondary N) is 1. The molecule has 1 aliphatic heterocycles. The van der Waals surface area contributed by atoms with Crippen molar-refractivity contribution < 1.29 is 4.79 Å². The first-order valence-electron chi connectivity index (χ1n) is 7.90. The smallest absolute Gasteiger partial charge is 0.272 e. The molecule has 24 heavy (non-hydrogen) atoms. The van der Waals surface area contributed by atoms with Crippen molar-refractivity contribution in [1.29, 1.82) is 0 Å². The molecular weight excluding hydrogens is 347 g/mol. The Morgan fingerprint density at radius 3 is 2.62 bits per heavy atom. The van der Waals surface area contributed by atoms with E-state index in [0.717, 1.165) is 25.9 Å². The van der Waals surface area contributed by atoms with Crippen LogP contribution in [-0.4, -0.2) is 33.9 Å². The molecule has 1 amide bonds. The maximum Gasteiger partial charge on any atom is 0.272 e. The van der Waals surface area contributed by atoms with Crippen LogP contribution in [0.3, 0.4) is 0 Å². The van der Waals surface area contributed by atoms with Gasteiger partial charge in [-0.15, -0.1) is 0 Å². The molecule has 5 nitrogen and oxygen atoms in total. The summed E-state index contributed by atoms with van der Waals surface area (Å²) >= 11 is 12.2. The minimum absolute atomic E-state index is 0.0551. The third-order valence-corrected chi connectivity index (χ3v) is 4.46. The lowest BCUT2D eigenvalue weighted by atomic mass is 10.1. The van der Waals surface area contributed by atoms with Gasteiger partial charge in [-0.2, -0.15) is 0 Å². The SMILES string of the molecule is Cc1cc(C(=O)N2CCCCC2)nc(Nc2cc(Cl)ccc2Cl)n1. The molecule has 1 aromatic carbocycles. The number of rotatable bonds is 3. The molecule has 0 spiro atoms. The number of carbonyl (C=O) groups excluding carboxylic acids is 1. The van der Waals surface area contributed by atoms with E-state index in [2.05, 4.69) is 15.3 Å². The largest absolute Gasteiger partial charge is 0.337 e. The molecule has 0 bridgehead atoms. The Morgan fingerprint density at radius 1 is 1.12 bits per heavy atom. The maximum atomic E-state index is 12.6. The number of carbonyl (C=O) groups is 1. The van der Waals surface area contributed by atoms with Gasteiger partial charge in [-0.05, 0) is 50.5 Å². The van der Waals surface area contributed by atoms with Gasteiger partial charge in [0.1, 0.15) is 5.69 Å². The Labute approximate surface area is 151 Å². The fourth-order valence-corrected chi connectivity index (χ4v) is 3.04. The van der Waals surface area contributed by atoms with E-state index in [1.807, 2.05) is 11.8 Å². The second-order valence-electron chi connectivity index (χ2n) is 5.82. The molecule has 0 unspecified atom stereocenters. The first kappa shape index (κ1) is 17.0. The first-order valence-corrected chi connectivity index (χ1v) is 8.65. The lowest BCUT2D eigenvalue weighted by molar-refractivity contribution is 0.0718. The van der Waals surface area contributed by atoms with Crippen molar-refractivity contribution in [3.8, 4) is 0 Å². The number of likely N-dealkylation sites (tertiary alicyclic amines) is 1. The van der Waals surface area contributed by atoms with E-state index in [1.54, 1.807) is 24.3 Å². The van der Waals surface area contributed by atoms with Gasteiger partial charge < -0.3 is 10.2 Å². The fourth-order valence-electron chi connectivity index (χ4n) is 2.71. The summed E-state index contributed by atoms with van der Waals surface area (Å²) in [5.74, 6) is 0.278. The van der Waals surface area contributed by atoms with Crippen molar-refractivity contribution in [2.75, 3.05) is 18.4 Å². The van der Waals surface area contributed by atoms with E-state index in [0.29, 0.717) is 33.1 Å². The minimum atomic E-state index is -0.0551. The fraction of sp³-hybridized carbons (Fsp3) is 0.353. The lowest BCUT2D eigenvalue weighted by Gasteiger charge is -2.26. The van der Waals surface area contributed by atoms with E-state index in [1.165, 1.54) is 6.42 Å². The summed E-state index contributed by atoms with van der Waals surface area (Å²) in [4.78, 5) is 23.2. The Bertz CT molecular complexity index is 760. The van der Waals surface area contributed by atoms with Gasteiger partial charge in [0, 0.05) is 23.8 Å².